The highest BCUT2D eigenvalue weighted by Crippen LogP contribution is 2.57. The molecule has 0 saturated heterocycles. The van der Waals surface area contributed by atoms with E-state index in [2.05, 4.69) is 4.99 Å². The molecule has 8 heteroatoms. The molecule has 1 aromatic carbocycles. The highest BCUT2D eigenvalue weighted by molar-refractivity contribution is 6.29. The van der Waals surface area contributed by atoms with Crippen LogP contribution >= 0.6 is 0 Å². The zero-order valence-corrected chi connectivity index (χ0v) is 18.3. The molecule has 3 N–H and O–H groups in total. The molecule has 0 spiro atoms. The van der Waals surface area contributed by atoms with Gasteiger partial charge in [0.2, 0.25) is 0 Å². The minimum Gasteiger partial charge on any atom is -0.507 e. The molecule has 0 aromatic heterocycles. The first-order valence-corrected chi connectivity index (χ1v) is 10.2. The number of Topliss-reactive ketones (excluding diaryl/α,β-unsaturated/α-hetero) is 2. The first-order valence-electron chi connectivity index (χ1n) is 10.2. The van der Waals surface area contributed by atoms with Crippen molar-refractivity contribution in [1.82, 2.24) is 0 Å². The van der Waals surface area contributed by atoms with Crippen molar-refractivity contribution < 1.29 is 34.4 Å². The maximum atomic E-state index is 13.6. The van der Waals surface area contributed by atoms with Gasteiger partial charge in [-0.15, -0.1) is 0 Å². The summed E-state index contributed by atoms with van der Waals surface area (Å²) in [6, 6.07) is -0.185. The largest absolute Gasteiger partial charge is 0.507 e. The van der Waals surface area contributed by atoms with Crippen molar-refractivity contribution in [2.45, 2.75) is 58.9 Å². The van der Waals surface area contributed by atoms with Crippen LogP contribution in [0.4, 0.5) is 0 Å². The Morgan fingerprint density at radius 3 is 2.48 bits per heavy atom. The minimum atomic E-state index is -1.51. The molecule has 0 radical (unpaired) electrons. The molecule has 31 heavy (non-hydrogen) atoms. The number of phenolic OH excluding ortho intramolecular Hbond substituents is 2. The van der Waals surface area contributed by atoms with Crippen LogP contribution in [-0.2, 0) is 15.0 Å². The first-order chi connectivity index (χ1) is 14.5. The Balaban J connectivity index is 2.17. The topological polar surface area (TPSA) is 133 Å². The van der Waals surface area contributed by atoms with Crippen molar-refractivity contribution in [2.75, 3.05) is 6.61 Å². The standard InChI is InChI=1S/C23H27NO7/c1-10(7-6-8-25)24-12(3)16-14(27)9-15-23(5,22(16)30)18-20(29)11(2)19(28)17(13(4)26)21(18)31-15/h9-10,16,25,28-29H,6-8H2,1-5H3. The number of phenols is 2. The summed E-state index contributed by atoms with van der Waals surface area (Å²) < 4.78 is 5.74. The fourth-order valence-corrected chi connectivity index (χ4v) is 4.37. The van der Waals surface area contributed by atoms with Gasteiger partial charge in [0.1, 0.15) is 39.9 Å². The molecule has 3 unspecified atom stereocenters. The van der Waals surface area contributed by atoms with Crippen LogP contribution in [0.2, 0.25) is 0 Å². The Labute approximate surface area is 180 Å². The summed E-state index contributed by atoms with van der Waals surface area (Å²) in [7, 11) is 0. The van der Waals surface area contributed by atoms with Crippen LogP contribution in [0.1, 0.15) is 62.0 Å². The van der Waals surface area contributed by atoms with Crippen molar-refractivity contribution in [1.29, 1.82) is 0 Å². The van der Waals surface area contributed by atoms with Crippen LogP contribution in [0, 0.1) is 12.8 Å². The molecule has 0 bridgehead atoms. The zero-order chi connectivity index (χ0) is 23.2. The minimum absolute atomic E-state index is 0.0117. The van der Waals surface area contributed by atoms with E-state index in [1.54, 1.807) is 6.92 Å². The number of aliphatic hydroxyl groups is 1. The summed E-state index contributed by atoms with van der Waals surface area (Å²) in [5.74, 6) is -3.52. The predicted octanol–water partition coefficient (Wildman–Crippen LogP) is 2.53. The maximum absolute atomic E-state index is 13.6. The van der Waals surface area contributed by atoms with Crippen molar-refractivity contribution >= 4 is 23.1 Å². The second-order valence-corrected chi connectivity index (χ2v) is 8.38. The number of aromatic hydroxyl groups is 2. The van der Waals surface area contributed by atoms with Gasteiger partial charge in [0.25, 0.3) is 0 Å². The van der Waals surface area contributed by atoms with E-state index in [4.69, 9.17) is 9.84 Å². The molecule has 0 amide bonds. The second-order valence-electron chi connectivity index (χ2n) is 8.38. The molecular weight excluding hydrogens is 402 g/mol. The number of ketones is 3. The zero-order valence-electron chi connectivity index (χ0n) is 18.3. The highest BCUT2D eigenvalue weighted by Gasteiger charge is 2.57. The Kier molecular flexibility index (Phi) is 5.80. The monoisotopic (exact) mass is 429 g/mol. The number of aliphatic hydroxyl groups excluding tert-OH is 1. The molecule has 166 valence electrons. The van der Waals surface area contributed by atoms with Gasteiger partial charge in [-0.25, -0.2) is 0 Å². The number of aliphatic imine (C=N–C) groups is 1. The number of allylic oxidation sites excluding steroid dienone is 2. The lowest BCUT2D eigenvalue weighted by atomic mass is 9.67. The van der Waals surface area contributed by atoms with Crippen LogP contribution < -0.4 is 4.74 Å². The average Bonchev–Trinajstić information content (AvgIpc) is 2.97. The second kappa shape index (κ2) is 7.92. The van der Waals surface area contributed by atoms with Gasteiger partial charge >= 0.3 is 0 Å². The molecule has 8 nitrogen and oxygen atoms in total. The van der Waals surface area contributed by atoms with Gasteiger partial charge < -0.3 is 20.1 Å². The molecule has 2 aliphatic rings. The van der Waals surface area contributed by atoms with Crippen molar-refractivity contribution in [3.05, 3.63) is 28.5 Å². The smallest absolute Gasteiger partial charge is 0.175 e. The molecule has 0 fully saturated rings. The average molecular weight is 429 g/mol. The van der Waals surface area contributed by atoms with Crippen molar-refractivity contribution in [2.24, 2.45) is 10.9 Å². The summed E-state index contributed by atoms with van der Waals surface area (Å²) in [6.45, 7) is 7.70. The number of hydrogen-bond donors (Lipinski definition) is 3. The lowest BCUT2D eigenvalue weighted by Gasteiger charge is -2.31. The van der Waals surface area contributed by atoms with E-state index in [1.165, 1.54) is 26.8 Å². The fraction of sp³-hybridized carbons (Fsp3) is 0.478. The van der Waals surface area contributed by atoms with Gasteiger partial charge in [-0.1, -0.05) is 0 Å². The Bertz CT molecular complexity index is 1050. The van der Waals surface area contributed by atoms with Crippen LogP contribution in [0.25, 0.3) is 0 Å². The van der Waals surface area contributed by atoms with E-state index in [1.807, 2.05) is 6.92 Å². The fourth-order valence-electron chi connectivity index (χ4n) is 4.37. The third kappa shape index (κ3) is 3.35. The molecule has 1 aliphatic heterocycles. The lowest BCUT2D eigenvalue weighted by molar-refractivity contribution is -0.131. The van der Waals surface area contributed by atoms with E-state index >= 15 is 0 Å². The third-order valence-electron chi connectivity index (χ3n) is 6.13. The number of ether oxygens (including phenoxy) is 1. The molecule has 0 saturated carbocycles. The van der Waals surface area contributed by atoms with E-state index < -0.39 is 34.4 Å². The Hall–Kier alpha value is -3.00. The number of rotatable bonds is 6. The van der Waals surface area contributed by atoms with Crippen LogP contribution in [-0.4, -0.2) is 51.0 Å². The van der Waals surface area contributed by atoms with E-state index in [0.717, 1.165) is 0 Å². The third-order valence-corrected chi connectivity index (χ3v) is 6.13. The summed E-state index contributed by atoms with van der Waals surface area (Å²) in [5, 5.41) is 30.2. The summed E-state index contributed by atoms with van der Waals surface area (Å²) in [5.41, 5.74) is -1.18. The quantitative estimate of drug-likeness (QED) is 0.359. The van der Waals surface area contributed by atoms with Gasteiger partial charge in [-0.3, -0.25) is 19.4 Å². The molecular formula is C23H27NO7. The van der Waals surface area contributed by atoms with E-state index in [9.17, 15) is 24.6 Å². The van der Waals surface area contributed by atoms with Gasteiger partial charge in [-0.05, 0) is 47.5 Å². The van der Waals surface area contributed by atoms with Crippen LogP contribution in [0.3, 0.4) is 0 Å². The lowest BCUT2D eigenvalue weighted by Crippen LogP contribution is -2.47. The van der Waals surface area contributed by atoms with Gasteiger partial charge in [0.05, 0.1) is 5.56 Å². The summed E-state index contributed by atoms with van der Waals surface area (Å²) in [6.07, 6.45) is 2.37. The molecule has 1 aromatic rings. The first kappa shape index (κ1) is 22.7. The Morgan fingerprint density at radius 1 is 1.26 bits per heavy atom. The maximum Gasteiger partial charge on any atom is 0.175 e. The number of carbonyl (C=O) groups excluding carboxylic acids is 3. The Morgan fingerprint density at radius 2 is 1.90 bits per heavy atom. The molecule has 1 heterocycles. The van der Waals surface area contributed by atoms with Crippen molar-refractivity contribution in [3.8, 4) is 17.2 Å². The van der Waals surface area contributed by atoms with E-state index in [0.29, 0.717) is 18.6 Å². The number of benzene rings is 1. The van der Waals surface area contributed by atoms with Gasteiger partial charge in [0, 0.05) is 30.0 Å². The predicted molar refractivity (Wildman–Crippen MR) is 113 cm³/mol. The normalized spacial score (nSPS) is 23.7. The molecule has 3 atom stereocenters. The van der Waals surface area contributed by atoms with Crippen LogP contribution in [0.15, 0.2) is 16.8 Å². The molecule has 3 rings (SSSR count). The van der Waals surface area contributed by atoms with Gasteiger partial charge in [0.15, 0.2) is 17.3 Å². The number of fused-ring (bicyclic) bond motifs is 3. The SMILES string of the molecule is CC(=O)c1c(O)c(C)c(O)c2c1OC1=CC(=O)C(C(C)=NC(C)CCCO)C(=O)C12C. The van der Waals surface area contributed by atoms with Crippen molar-refractivity contribution in [3.63, 3.8) is 0 Å². The number of carbonyl (C=O) groups is 3. The number of hydrogen-bond acceptors (Lipinski definition) is 8. The summed E-state index contributed by atoms with van der Waals surface area (Å²) >= 11 is 0. The van der Waals surface area contributed by atoms with Gasteiger partial charge in [-0.2, -0.15) is 0 Å². The van der Waals surface area contributed by atoms with E-state index in [-0.39, 0.29) is 46.6 Å². The molecule has 1 aliphatic carbocycles. The number of nitrogens with zero attached hydrogens (tertiary/aromatic N) is 1. The highest BCUT2D eigenvalue weighted by atomic mass is 16.5. The van der Waals surface area contributed by atoms with Crippen LogP contribution in [0.5, 0.6) is 17.2 Å². The summed E-state index contributed by atoms with van der Waals surface area (Å²) in [4.78, 5) is 43.2.